The standard InChI is InChI=1S/C15H10ClNO2/c16-14-7-12(9-17)6-13(8-14)15(18)19-10-11-4-2-1-3-5-11/h1-8H,10H2. The van der Waals surface area contributed by atoms with E-state index in [-0.39, 0.29) is 12.2 Å². The van der Waals surface area contributed by atoms with Crippen LogP contribution in [0.5, 0.6) is 0 Å². The van der Waals surface area contributed by atoms with Gasteiger partial charge in [-0.25, -0.2) is 4.79 Å². The van der Waals surface area contributed by atoms with Crippen LogP contribution in [0.15, 0.2) is 48.5 Å². The number of nitrogens with zero attached hydrogens (tertiary/aromatic N) is 1. The molecule has 0 saturated carbocycles. The molecule has 0 aliphatic carbocycles. The van der Waals surface area contributed by atoms with Crippen molar-refractivity contribution in [2.45, 2.75) is 6.61 Å². The largest absolute Gasteiger partial charge is 0.457 e. The van der Waals surface area contributed by atoms with Crippen molar-refractivity contribution in [1.82, 2.24) is 0 Å². The van der Waals surface area contributed by atoms with E-state index in [0.717, 1.165) is 5.56 Å². The molecular weight excluding hydrogens is 262 g/mol. The molecule has 0 atom stereocenters. The average molecular weight is 272 g/mol. The molecule has 4 heteroatoms. The Kier molecular flexibility index (Phi) is 4.17. The van der Waals surface area contributed by atoms with Gasteiger partial charge >= 0.3 is 5.97 Å². The third-order valence-corrected chi connectivity index (χ3v) is 2.69. The van der Waals surface area contributed by atoms with Crippen molar-refractivity contribution >= 4 is 17.6 Å². The van der Waals surface area contributed by atoms with E-state index in [1.165, 1.54) is 18.2 Å². The number of benzene rings is 2. The molecule has 0 aliphatic heterocycles. The molecule has 3 nitrogen and oxygen atoms in total. The molecule has 19 heavy (non-hydrogen) atoms. The summed E-state index contributed by atoms with van der Waals surface area (Å²) < 4.78 is 5.16. The van der Waals surface area contributed by atoms with Gasteiger partial charge in [-0.3, -0.25) is 0 Å². The molecular formula is C15H10ClNO2. The molecule has 2 aromatic carbocycles. The van der Waals surface area contributed by atoms with E-state index in [4.69, 9.17) is 21.6 Å². The van der Waals surface area contributed by atoms with E-state index in [1.54, 1.807) is 0 Å². The molecule has 0 amide bonds. The van der Waals surface area contributed by atoms with Gasteiger partial charge < -0.3 is 4.74 Å². The van der Waals surface area contributed by atoms with Gasteiger partial charge in [0.25, 0.3) is 0 Å². The molecule has 0 unspecified atom stereocenters. The second-order valence-corrected chi connectivity index (χ2v) is 4.34. The zero-order valence-corrected chi connectivity index (χ0v) is 10.7. The highest BCUT2D eigenvalue weighted by Crippen LogP contribution is 2.16. The van der Waals surface area contributed by atoms with Crippen LogP contribution in [0.25, 0.3) is 0 Å². The molecule has 0 aliphatic rings. The van der Waals surface area contributed by atoms with Gasteiger partial charge in [-0.1, -0.05) is 41.9 Å². The number of hydrogen-bond donors (Lipinski definition) is 0. The van der Waals surface area contributed by atoms with Gasteiger partial charge in [0, 0.05) is 5.02 Å². The predicted octanol–water partition coefficient (Wildman–Crippen LogP) is 3.57. The minimum absolute atomic E-state index is 0.189. The van der Waals surface area contributed by atoms with E-state index in [2.05, 4.69) is 0 Å². The van der Waals surface area contributed by atoms with Crippen LogP contribution in [0.1, 0.15) is 21.5 Å². The van der Waals surface area contributed by atoms with Crippen LogP contribution in [0.4, 0.5) is 0 Å². The van der Waals surface area contributed by atoms with Gasteiger partial charge in [0.15, 0.2) is 0 Å². The van der Waals surface area contributed by atoms with Gasteiger partial charge in [0.1, 0.15) is 6.61 Å². The first-order chi connectivity index (χ1) is 9.19. The van der Waals surface area contributed by atoms with Crippen molar-refractivity contribution in [1.29, 1.82) is 5.26 Å². The maximum atomic E-state index is 11.8. The first-order valence-electron chi connectivity index (χ1n) is 5.61. The fraction of sp³-hybridized carbons (Fsp3) is 0.0667. The lowest BCUT2D eigenvalue weighted by molar-refractivity contribution is 0.0472. The number of rotatable bonds is 3. The molecule has 0 fully saturated rings. The zero-order valence-electron chi connectivity index (χ0n) is 9.97. The fourth-order valence-corrected chi connectivity index (χ4v) is 1.81. The summed E-state index contributed by atoms with van der Waals surface area (Å²) in [4.78, 5) is 11.8. The number of esters is 1. The monoisotopic (exact) mass is 271 g/mol. The summed E-state index contributed by atoms with van der Waals surface area (Å²) in [7, 11) is 0. The van der Waals surface area contributed by atoms with E-state index < -0.39 is 5.97 Å². The quantitative estimate of drug-likeness (QED) is 0.802. The number of carbonyl (C=O) groups is 1. The Morgan fingerprint density at radius 2 is 1.95 bits per heavy atom. The van der Waals surface area contributed by atoms with Crippen molar-refractivity contribution < 1.29 is 9.53 Å². The van der Waals surface area contributed by atoms with Crippen molar-refractivity contribution in [3.05, 3.63) is 70.2 Å². The summed E-state index contributed by atoms with van der Waals surface area (Å²) in [5.41, 5.74) is 1.51. The fourth-order valence-electron chi connectivity index (χ4n) is 1.58. The minimum Gasteiger partial charge on any atom is -0.457 e. The number of ether oxygens (including phenoxy) is 1. The van der Waals surface area contributed by atoms with E-state index in [1.807, 2.05) is 36.4 Å². The molecule has 0 radical (unpaired) electrons. The van der Waals surface area contributed by atoms with E-state index >= 15 is 0 Å². The highest BCUT2D eigenvalue weighted by atomic mass is 35.5. The smallest absolute Gasteiger partial charge is 0.338 e. The van der Waals surface area contributed by atoms with Gasteiger partial charge in [0.05, 0.1) is 17.2 Å². The predicted molar refractivity (Wildman–Crippen MR) is 71.7 cm³/mol. The third-order valence-electron chi connectivity index (χ3n) is 2.48. The number of hydrogen-bond acceptors (Lipinski definition) is 3. The lowest BCUT2D eigenvalue weighted by Gasteiger charge is -2.05. The Bertz CT molecular complexity index is 632. The van der Waals surface area contributed by atoms with Crippen LogP contribution in [-0.2, 0) is 11.3 Å². The topological polar surface area (TPSA) is 50.1 Å². The van der Waals surface area contributed by atoms with Crippen LogP contribution < -0.4 is 0 Å². The first-order valence-corrected chi connectivity index (χ1v) is 5.98. The maximum Gasteiger partial charge on any atom is 0.338 e. The second kappa shape index (κ2) is 6.03. The molecule has 0 N–H and O–H groups in total. The molecule has 2 aromatic rings. The van der Waals surface area contributed by atoms with Crippen LogP contribution in [0.2, 0.25) is 5.02 Å². The first kappa shape index (κ1) is 13.1. The van der Waals surface area contributed by atoms with Crippen LogP contribution in [-0.4, -0.2) is 5.97 Å². The summed E-state index contributed by atoms with van der Waals surface area (Å²) in [5.74, 6) is -0.497. The van der Waals surface area contributed by atoms with Gasteiger partial charge in [-0.05, 0) is 23.8 Å². The highest BCUT2D eigenvalue weighted by Gasteiger charge is 2.10. The van der Waals surface area contributed by atoms with Crippen LogP contribution in [0.3, 0.4) is 0 Å². The summed E-state index contributed by atoms with van der Waals surface area (Å²) in [6, 6.07) is 15.7. The lowest BCUT2D eigenvalue weighted by Crippen LogP contribution is -2.05. The number of nitriles is 1. The van der Waals surface area contributed by atoms with Crippen LogP contribution >= 0.6 is 11.6 Å². The van der Waals surface area contributed by atoms with Gasteiger partial charge in [-0.2, -0.15) is 5.26 Å². The third kappa shape index (κ3) is 3.57. The zero-order chi connectivity index (χ0) is 13.7. The molecule has 0 aromatic heterocycles. The number of carbonyl (C=O) groups excluding carboxylic acids is 1. The van der Waals surface area contributed by atoms with Crippen molar-refractivity contribution in [2.75, 3.05) is 0 Å². The molecule has 0 heterocycles. The summed E-state index contributed by atoms with van der Waals surface area (Å²) in [6.07, 6.45) is 0. The molecule has 0 spiro atoms. The van der Waals surface area contributed by atoms with Crippen molar-refractivity contribution in [3.8, 4) is 6.07 Å². The van der Waals surface area contributed by atoms with Gasteiger partial charge in [-0.15, -0.1) is 0 Å². The van der Waals surface area contributed by atoms with Crippen molar-refractivity contribution in [3.63, 3.8) is 0 Å². The summed E-state index contributed by atoms with van der Waals surface area (Å²) in [5, 5.41) is 9.15. The van der Waals surface area contributed by atoms with Crippen LogP contribution in [0, 0.1) is 11.3 Å². The Morgan fingerprint density at radius 1 is 1.21 bits per heavy atom. The molecule has 0 bridgehead atoms. The van der Waals surface area contributed by atoms with Crippen molar-refractivity contribution in [2.24, 2.45) is 0 Å². The van der Waals surface area contributed by atoms with E-state index in [0.29, 0.717) is 10.6 Å². The summed E-state index contributed by atoms with van der Waals surface area (Å²) >= 11 is 5.83. The molecule has 0 saturated heterocycles. The molecule has 2 rings (SSSR count). The van der Waals surface area contributed by atoms with Gasteiger partial charge in [0.2, 0.25) is 0 Å². The maximum absolute atomic E-state index is 11.8. The second-order valence-electron chi connectivity index (χ2n) is 3.90. The number of halogens is 1. The Balaban J connectivity index is 2.08. The molecule has 94 valence electrons. The normalized spacial score (nSPS) is 9.68. The lowest BCUT2D eigenvalue weighted by atomic mass is 10.1. The van der Waals surface area contributed by atoms with E-state index in [9.17, 15) is 4.79 Å². The Labute approximate surface area is 116 Å². The highest BCUT2D eigenvalue weighted by molar-refractivity contribution is 6.31. The average Bonchev–Trinajstić information content (AvgIpc) is 2.45. The Hall–Kier alpha value is -2.31. The minimum atomic E-state index is -0.497. The summed E-state index contributed by atoms with van der Waals surface area (Å²) in [6.45, 7) is 0.189. The SMILES string of the molecule is N#Cc1cc(Cl)cc(C(=O)OCc2ccccc2)c1. The Morgan fingerprint density at radius 3 is 2.63 bits per heavy atom.